The smallest absolute Gasteiger partial charge is 0.328 e. The molecule has 0 fully saturated rings. The minimum Gasteiger partial charge on any atom is -0.478 e. The van der Waals surface area contributed by atoms with Crippen LogP contribution >= 0.6 is 0 Å². The number of allylic oxidation sites excluding steroid dienone is 1. The van der Waals surface area contributed by atoms with Crippen LogP contribution in [0.25, 0.3) is 5.57 Å². The van der Waals surface area contributed by atoms with Gasteiger partial charge in [0, 0.05) is 11.6 Å². The first kappa shape index (κ1) is 12.4. The van der Waals surface area contributed by atoms with E-state index in [1.165, 1.54) is 6.07 Å². The molecule has 16 heavy (non-hydrogen) atoms. The van der Waals surface area contributed by atoms with E-state index in [-0.39, 0.29) is 0 Å². The van der Waals surface area contributed by atoms with Crippen molar-refractivity contribution in [2.24, 2.45) is 5.41 Å². The SMILES string of the molecule is CC(C)(C)/C(=C\C(=O)O)c1ccccc1F. The number of carboxylic acids is 1. The summed E-state index contributed by atoms with van der Waals surface area (Å²) in [5, 5.41) is 8.80. The summed E-state index contributed by atoms with van der Waals surface area (Å²) in [4.78, 5) is 10.7. The predicted octanol–water partition coefficient (Wildman–Crippen LogP) is 3.34. The van der Waals surface area contributed by atoms with Crippen molar-refractivity contribution in [2.75, 3.05) is 0 Å². The van der Waals surface area contributed by atoms with Crippen LogP contribution < -0.4 is 0 Å². The predicted molar refractivity (Wildman–Crippen MR) is 61.5 cm³/mol. The van der Waals surface area contributed by atoms with E-state index in [0.717, 1.165) is 6.08 Å². The molecular formula is C13H15FO2. The van der Waals surface area contributed by atoms with Crippen LogP contribution in [0.15, 0.2) is 30.3 Å². The number of benzene rings is 1. The first-order chi connectivity index (χ1) is 7.32. The standard InChI is InChI=1S/C13H15FO2/c1-13(2,3)10(8-12(15)16)9-6-4-5-7-11(9)14/h4-8H,1-3H3,(H,15,16)/b10-8-. The molecule has 0 saturated carbocycles. The van der Waals surface area contributed by atoms with E-state index in [4.69, 9.17) is 5.11 Å². The maximum atomic E-state index is 13.6. The van der Waals surface area contributed by atoms with E-state index in [9.17, 15) is 9.18 Å². The van der Waals surface area contributed by atoms with Gasteiger partial charge in [0.25, 0.3) is 0 Å². The molecule has 0 aromatic heterocycles. The minimum atomic E-state index is -1.06. The van der Waals surface area contributed by atoms with Crippen LogP contribution in [-0.2, 0) is 4.79 Å². The van der Waals surface area contributed by atoms with Gasteiger partial charge in [-0.1, -0.05) is 39.0 Å². The molecule has 1 aromatic carbocycles. The topological polar surface area (TPSA) is 37.3 Å². The molecule has 0 aliphatic carbocycles. The number of hydrogen-bond donors (Lipinski definition) is 1. The molecule has 0 bridgehead atoms. The molecule has 1 N–H and O–H groups in total. The third kappa shape index (κ3) is 2.92. The summed E-state index contributed by atoms with van der Waals surface area (Å²) in [6, 6.07) is 6.20. The quantitative estimate of drug-likeness (QED) is 0.779. The Hall–Kier alpha value is -1.64. The molecule has 1 aromatic rings. The molecular weight excluding hydrogens is 207 g/mol. The molecule has 0 amide bonds. The van der Waals surface area contributed by atoms with Crippen LogP contribution in [0.5, 0.6) is 0 Å². The zero-order valence-electron chi connectivity index (χ0n) is 9.62. The van der Waals surface area contributed by atoms with Crippen molar-refractivity contribution in [2.45, 2.75) is 20.8 Å². The molecule has 0 aliphatic rings. The Morgan fingerprint density at radius 3 is 2.31 bits per heavy atom. The van der Waals surface area contributed by atoms with Gasteiger partial charge in [0.1, 0.15) is 5.82 Å². The Labute approximate surface area is 94.4 Å². The highest BCUT2D eigenvalue weighted by Gasteiger charge is 2.22. The fraction of sp³-hybridized carbons (Fsp3) is 0.308. The average Bonchev–Trinajstić information content (AvgIpc) is 2.13. The van der Waals surface area contributed by atoms with Crippen molar-refractivity contribution in [3.63, 3.8) is 0 Å². The Bertz CT molecular complexity index is 428. The largest absolute Gasteiger partial charge is 0.478 e. The Morgan fingerprint density at radius 2 is 1.88 bits per heavy atom. The summed E-state index contributed by atoms with van der Waals surface area (Å²) in [7, 11) is 0. The van der Waals surface area contributed by atoms with E-state index in [1.807, 2.05) is 20.8 Å². The van der Waals surface area contributed by atoms with E-state index < -0.39 is 17.2 Å². The second kappa shape index (κ2) is 4.47. The van der Waals surface area contributed by atoms with Crippen LogP contribution in [0, 0.1) is 11.2 Å². The first-order valence-corrected chi connectivity index (χ1v) is 5.02. The third-order valence-electron chi connectivity index (χ3n) is 2.24. The molecule has 86 valence electrons. The molecule has 2 nitrogen and oxygen atoms in total. The van der Waals surface area contributed by atoms with Crippen LogP contribution in [-0.4, -0.2) is 11.1 Å². The van der Waals surface area contributed by atoms with Gasteiger partial charge in [-0.05, 0) is 17.1 Å². The number of carboxylic acid groups (broad SMARTS) is 1. The van der Waals surface area contributed by atoms with E-state index in [0.29, 0.717) is 11.1 Å². The van der Waals surface area contributed by atoms with Gasteiger partial charge >= 0.3 is 5.97 Å². The van der Waals surface area contributed by atoms with Crippen molar-refractivity contribution >= 4 is 11.5 Å². The summed E-state index contributed by atoms with van der Waals surface area (Å²) in [6.45, 7) is 5.57. The van der Waals surface area contributed by atoms with Gasteiger partial charge in [-0.15, -0.1) is 0 Å². The van der Waals surface area contributed by atoms with Crippen molar-refractivity contribution < 1.29 is 14.3 Å². The lowest BCUT2D eigenvalue weighted by atomic mass is 9.81. The molecule has 0 unspecified atom stereocenters. The number of halogens is 1. The van der Waals surface area contributed by atoms with Gasteiger partial charge < -0.3 is 5.11 Å². The van der Waals surface area contributed by atoms with E-state index in [1.54, 1.807) is 18.2 Å². The monoisotopic (exact) mass is 222 g/mol. The van der Waals surface area contributed by atoms with Gasteiger partial charge in [0.15, 0.2) is 0 Å². The van der Waals surface area contributed by atoms with Gasteiger partial charge in [-0.2, -0.15) is 0 Å². The van der Waals surface area contributed by atoms with Crippen molar-refractivity contribution in [1.29, 1.82) is 0 Å². The average molecular weight is 222 g/mol. The van der Waals surface area contributed by atoms with Gasteiger partial charge in [0.2, 0.25) is 0 Å². The second-order valence-corrected chi connectivity index (χ2v) is 4.63. The molecule has 3 heteroatoms. The zero-order chi connectivity index (χ0) is 12.3. The molecule has 0 heterocycles. The summed E-state index contributed by atoms with van der Waals surface area (Å²) in [5.74, 6) is -1.46. The zero-order valence-corrected chi connectivity index (χ0v) is 9.62. The van der Waals surface area contributed by atoms with E-state index >= 15 is 0 Å². The van der Waals surface area contributed by atoms with Crippen LogP contribution in [0.4, 0.5) is 4.39 Å². The summed E-state index contributed by atoms with van der Waals surface area (Å²) in [5.41, 5.74) is 0.413. The molecule has 0 saturated heterocycles. The number of aliphatic carboxylic acids is 1. The number of rotatable bonds is 2. The second-order valence-electron chi connectivity index (χ2n) is 4.63. The Morgan fingerprint density at radius 1 is 1.31 bits per heavy atom. The summed E-state index contributed by atoms with van der Waals surface area (Å²) < 4.78 is 13.6. The maximum Gasteiger partial charge on any atom is 0.328 e. The normalized spacial score (nSPS) is 12.6. The Balaban J connectivity index is 3.34. The van der Waals surface area contributed by atoms with Crippen LogP contribution in [0.2, 0.25) is 0 Å². The number of hydrogen-bond acceptors (Lipinski definition) is 1. The van der Waals surface area contributed by atoms with Crippen molar-refractivity contribution in [3.05, 3.63) is 41.7 Å². The van der Waals surface area contributed by atoms with Crippen LogP contribution in [0.1, 0.15) is 26.3 Å². The Kier molecular flexibility index (Phi) is 3.48. The first-order valence-electron chi connectivity index (χ1n) is 5.02. The molecule has 1 rings (SSSR count). The number of carbonyl (C=O) groups is 1. The van der Waals surface area contributed by atoms with Gasteiger partial charge in [0.05, 0.1) is 0 Å². The maximum absolute atomic E-state index is 13.6. The van der Waals surface area contributed by atoms with Crippen LogP contribution in [0.3, 0.4) is 0 Å². The summed E-state index contributed by atoms with van der Waals surface area (Å²) >= 11 is 0. The van der Waals surface area contributed by atoms with Gasteiger partial charge in [-0.3, -0.25) is 0 Å². The third-order valence-corrected chi connectivity index (χ3v) is 2.24. The highest BCUT2D eigenvalue weighted by atomic mass is 19.1. The minimum absolute atomic E-state index is 0.345. The lowest BCUT2D eigenvalue weighted by molar-refractivity contribution is -0.131. The lowest BCUT2D eigenvalue weighted by Gasteiger charge is -2.23. The fourth-order valence-corrected chi connectivity index (χ4v) is 1.50. The van der Waals surface area contributed by atoms with E-state index in [2.05, 4.69) is 0 Å². The lowest BCUT2D eigenvalue weighted by Crippen LogP contribution is -2.11. The molecule has 0 spiro atoms. The molecule has 0 aliphatic heterocycles. The summed E-state index contributed by atoms with van der Waals surface area (Å²) in [6.07, 6.45) is 1.07. The fourth-order valence-electron chi connectivity index (χ4n) is 1.50. The van der Waals surface area contributed by atoms with Crippen molar-refractivity contribution in [1.82, 2.24) is 0 Å². The van der Waals surface area contributed by atoms with Crippen molar-refractivity contribution in [3.8, 4) is 0 Å². The molecule has 0 atom stereocenters. The molecule has 0 radical (unpaired) electrons. The van der Waals surface area contributed by atoms with Gasteiger partial charge in [-0.25, -0.2) is 9.18 Å². The highest BCUT2D eigenvalue weighted by molar-refractivity contribution is 5.91. The highest BCUT2D eigenvalue weighted by Crippen LogP contribution is 2.34.